The molecule has 4 aliphatic rings. The molecule has 118 valence electrons. The Hall–Kier alpha value is -1.26. The Morgan fingerprint density at radius 2 is 2.23 bits per heavy atom. The van der Waals surface area contributed by atoms with Crippen LogP contribution in [0.5, 0.6) is 11.5 Å². The van der Waals surface area contributed by atoms with Crippen LogP contribution in [0.2, 0.25) is 0 Å². The van der Waals surface area contributed by atoms with Crippen molar-refractivity contribution in [2.24, 2.45) is 0 Å². The monoisotopic (exact) mass is 301 g/mol. The molecule has 2 fully saturated rings. The van der Waals surface area contributed by atoms with Gasteiger partial charge in [-0.15, -0.1) is 0 Å². The molecule has 4 nitrogen and oxygen atoms in total. The van der Waals surface area contributed by atoms with Crippen LogP contribution in [0, 0.1) is 0 Å². The summed E-state index contributed by atoms with van der Waals surface area (Å²) >= 11 is 0. The van der Waals surface area contributed by atoms with Gasteiger partial charge >= 0.3 is 0 Å². The van der Waals surface area contributed by atoms with E-state index in [1.807, 2.05) is 6.07 Å². The Labute approximate surface area is 131 Å². The first kappa shape index (κ1) is 13.2. The van der Waals surface area contributed by atoms with Crippen molar-refractivity contribution < 1.29 is 14.6 Å². The molecule has 1 spiro atoms. The number of hydrogen-bond acceptors (Lipinski definition) is 4. The van der Waals surface area contributed by atoms with Crippen LogP contribution in [-0.2, 0) is 11.8 Å². The van der Waals surface area contributed by atoms with E-state index >= 15 is 0 Å². The lowest BCUT2D eigenvalue weighted by atomic mass is 9.49. The number of rotatable bonds is 1. The average Bonchev–Trinajstić information content (AvgIpc) is 2.85. The zero-order valence-electron chi connectivity index (χ0n) is 13.3. The second-order valence-corrected chi connectivity index (χ2v) is 7.48. The van der Waals surface area contributed by atoms with Gasteiger partial charge in [0.05, 0.1) is 18.1 Å². The molecule has 2 bridgehead atoms. The van der Waals surface area contributed by atoms with E-state index < -0.39 is 5.60 Å². The van der Waals surface area contributed by atoms with Gasteiger partial charge in [-0.3, -0.25) is 0 Å². The van der Waals surface area contributed by atoms with Gasteiger partial charge in [0, 0.05) is 11.6 Å². The van der Waals surface area contributed by atoms with Crippen LogP contribution in [0.4, 0.5) is 0 Å². The summed E-state index contributed by atoms with van der Waals surface area (Å²) in [5.74, 6) is 1.73. The van der Waals surface area contributed by atoms with Crippen LogP contribution in [0.25, 0.3) is 0 Å². The Bertz CT molecular complexity index is 660. The van der Waals surface area contributed by atoms with Crippen molar-refractivity contribution in [3.05, 3.63) is 23.3 Å². The molecule has 4 heteroatoms. The van der Waals surface area contributed by atoms with Gasteiger partial charge < -0.3 is 19.5 Å². The maximum atomic E-state index is 11.8. The lowest BCUT2D eigenvalue weighted by molar-refractivity contribution is -0.180. The van der Waals surface area contributed by atoms with E-state index in [0.29, 0.717) is 0 Å². The standard InChI is InChI=1S/C18H23NO3/c1-19-9-8-17-14-4-3-7-18(17,20)13(19)10-11-5-6-12(21-2)16(22-14)15(11)17/h5-6,13-14,20H,3-4,7-10H2,1-2H3/t13?,14?,17-,18-/m0/s1. The van der Waals surface area contributed by atoms with E-state index in [1.54, 1.807) is 7.11 Å². The van der Waals surface area contributed by atoms with Gasteiger partial charge in [0.25, 0.3) is 0 Å². The summed E-state index contributed by atoms with van der Waals surface area (Å²) in [7, 11) is 3.86. The van der Waals surface area contributed by atoms with E-state index in [-0.39, 0.29) is 17.6 Å². The molecule has 22 heavy (non-hydrogen) atoms. The maximum Gasteiger partial charge on any atom is 0.165 e. The minimum atomic E-state index is -0.659. The van der Waals surface area contributed by atoms with Crippen LogP contribution < -0.4 is 9.47 Å². The average molecular weight is 301 g/mol. The van der Waals surface area contributed by atoms with Crippen molar-refractivity contribution in [3.8, 4) is 11.5 Å². The van der Waals surface area contributed by atoms with Crippen molar-refractivity contribution in [2.45, 2.75) is 55.3 Å². The van der Waals surface area contributed by atoms with Crippen molar-refractivity contribution in [1.82, 2.24) is 4.90 Å². The van der Waals surface area contributed by atoms with Gasteiger partial charge in [0.15, 0.2) is 11.5 Å². The summed E-state index contributed by atoms with van der Waals surface area (Å²) < 4.78 is 11.9. The quantitative estimate of drug-likeness (QED) is 0.860. The molecular weight excluding hydrogens is 278 g/mol. The van der Waals surface area contributed by atoms with Crippen LogP contribution in [-0.4, -0.2) is 48.5 Å². The van der Waals surface area contributed by atoms with Gasteiger partial charge in [0.1, 0.15) is 6.10 Å². The Morgan fingerprint density at radius 1 is 1.36 bits per heavy atom. The van der Waals surface area contributed by atoms with Crippen LogP contribution in [0.15, 0.2) is 12.1 Å². The number of aliphatic hydroxyl groups is 1. The molecule has 2 unspecified atom stereocenters. The number of nitrogens with zero attached hydrogens (tertiary/aromatic N) is 1. The third kappa shape index (κ3) is 1.21. The number of hydrogen-bond donors (Lipinski definition) is 1. The van der Waals surface area contributed by atoms with E-state index in [2.05, 4.69) is 18.0 Å². The molecule has 1 aromatic rings. The highest BCUT2D eigenvalue weighted by molar-refractivity contribution is 5.62. The molecule has 0 radical (unpaired) electrons. The third-order valence-electron chi connectivity index (χ3n) is 6.84. The lowest BCUT2D eigenvalue weighted by Gasteiger charge is -2.62. The van der Waals surface area contributed by atoms with Gasteiger partial charge in [-0.2, -0.15) is 0 Å². The number of benzene rings is 1. The molecule has 1 N–H and O–H groups in total. The number of ether oxygens (including phenoxy) is 2. The van der Waals surface area contributed by atoms with Crippen LogP contribution >= 0.6 is 0 Å². The van der Waals surface area contributed by atoms with Crippen molar-refractivity contribution >= 4 is 0 Å². The first-order valence-electron chi connectivity index (χ1n) is 8.41. The highest BCUT2D eigenvalue weighted by Gasteiger charge is 2.70. The fourth-order valence-electron chi connectivity index (χ4n) is 5.90. The van der Waals surface area contributed by atoms with Crippen molar-refractivity contribution in [1.29, 1.82) is 0 Å². The highest BCUT2D eigenvalue weighted by Crippen LogP contribution is 2.65. The largest absolute Gasteiger partial charge is 0.493 e. The summed E-state index contributed by atoms with van der Waals surface area (Å²) in [5, 5.41) is 11.8. The fourth-order valence-corrected chi connectivity index (χ4v) is 5.90. The molecular formula is C18H23NO3. The van der Waals surface area contributed by atoms with E-state index in [4.69, 9.17) is 9.47 Å². The smallest absolute Gasteiger partial charge is 0.165 e. The summed E-state index contributed by atoms with van der Waals surface area (Å²) in [4.78, 5) is 2.36. The second-order valence-electron chi connectivity index (χ2n) is 7.48. The lowest BCUT2D eigenvalue weighted by Crippen LogP contribution is -2.74. The highest BCUT2D eigenvalue weighted by atomic mass is 16.5. The first-order valence-corrected chi connectivity index (χ1v) is 8.41. The van der Waals surface area contributed by atoms with Gasteiger partial charge in [-0.1, -0.05) is 6.07 Å². The van der Waals surface area contributed by atoms with E-state index in [0.717, 1.165) is 50.1 Å². The molecule has 1 saturated carbocycles. The zero-order valence-corrected chi connectivity index (χ0v) is 13.3. The predicted octanol–water partition coefficient (Wildman–Crippen LogP) is 1.87. The second kappa shape index (κ2) is 3.98. The number of likely N-dealkylation sites (N-methyl/N-ethyl adjacent to an activating group) is 1. The Kier molecular flexibility index (Phi) is 2.39. The molecule has 2 aliphatic carbocycles. The number of likely N-dealkylation sites (tertiary alicyclic amines) is 1. The predicted molar refractivity (Wildman–Crippen MR) is 82.6 cm³/mol. The SMILES string of the molecule is COc1ccc2c3c1OC1CCC[C@]4(O)C(C2)N(C)CC[C@@]314. The summed E-state index contributed by atoms with van der Waals surface area (Å²) in [6.45, 7) is 1.03. The molecule has 0 amide bonds. The van der Waals surface area contributed by atoms with E-state index in [1.165, 1.54) is 11.1 Å². The Morgan fingerprint density at radius 3 is 3.05 bits per heavy atom. The number of piperidine rings is 1. The van der Waals surface area contributed by atoms with Crippen molar-refractivity contribution in [3.63, 3.8) is 0 Å². The molecule has 0 aromatic heterocycles. The molecule has 1 aromatic carbocycles. The molecule has 2 heterocycles. The molecule has 5 rings (SSSR count). The minimum Gasteiger partial charge on any atom is -0.493 e. The number of methoxy groups -OCH3 is 1. The fraction of sp³-hybridized carbons (Fsp3) is 0.667. The molecule has 1 saturated heterocycles. The van der Waals surface area contributed by atoms with Crippen LogP contribution in [0.1, 0.15) is 36.8 Å². The van der Waals surface area contributed by atoms with E-state index in [9.17, 15) is 5.11 Å². The molecule has 2 aliphatic heterocycles. The summed E-state index contributed by atoms with van der Waals surface area (Å²) in [6, 6.07) is 4.42. The molecule has 4 atom stereocenters. The normalized spacial score (nSPS) is 41.8. The van der Waals surface area contributed by atoms with Gasteiger partial charge in [0.2, 0.25) is 0 Å². The minimum absolute atomic E-state index is 0.104. The zero-order chi connectivity index (χ0) is 15.1. The van der Waals surface area contributed by atoms with Gasteiger partial charge in [-0.25, -0.2) is 0 Å². The Balaban J connectivity index is 1.84. The third-order valence-corrected chi connectivity index (χ3v) is 6.84. The van der Waals surface area contributed by atoms with Crippen molar-refractivity contribution in [2.75, 3.05) is 20.7 Å². The summed E-state index contributed by atoms with van der Waals surface area (Å²) in [5.41, 5.74) is 1.73. The maximum absolute atomic E-state index is 11.8. The summed E-state index contributed by atoms with van der Waals surface area (Å²) in [6.07, 6.45) is 4.96. The topological polar surface area (TPSA) is 41.9 Å². The van der Waals surface area contributed by atoms with Gasteiger partial charge in [-0.05, 0) is 57.3 Å². The van der Waals surface area contributed by atoms with Crippen LogP contribution in [0.3, 0.4) is 0 Å². The first-order chi connectivity index (χ1) is 10.6.